The van der Waals surface area contributed by atoms with Gasteiger partial charge in [0.05, 0.1) is 19.4 Å². The number of carbonyl (C=O) groups excluding carboxylic acids is 4. The zero-order valence-corrected chi connectivity index (χ0v) is 53.4. The topological polar surface area (TPSA) is 190 Å². The monoisotopic (exact) mass is 1220 g/mol. The van der Waals surface area contributed by atoms with Crippen LogP contribution in [-0.4, -0.2) is 125 Å². The third kappa shape index (κ3) is 21.1. The average molecular weight is 1220 g/mol. The Morgan fingerprint density at radius 3 is 1.40 bits per heavy atom. The predicted octanol–water partition coefficient (Wildman–Crippen LogP) is 14.9. The van der Waals surface area contributed by atoms with Gasteiger partial charge < -0.3 is 65.5 Å². The number of hydrogen-bond donors (Lipinski definition) is 6. The molecule has 6 aromatic rings. The van der Waals surface area contributed by atoms with Crippen molar-refractivity contribution in [2.75, 3.05) is 110 Å². The Morgan fingerprint density at radius 1 is 0.472 bits per heavy atom. The summed E-state index contributed by atoms with van der Waals surface area (Å²) in [6, 6.07) is 36.8. The second-order valence-corrected chi connectivity index (χ2v) is 22.3. The van der Waals surface area contributed by atoms with Crippen LogP contribution in [0.3, 0.4) is 0 Å². The van der Waals surface area contributed by atoms with Crippen molar-refractivity contribution < 1.29 is 42.5 Å². The minimum atomic E-state index is -0.662. The van der Waals surface area contributed by atoms with Gasteiger partial charge in [-0.15, -0.1) is 0 Å². The number of nitrogens with zero attached hydrogens (tertiary/aromatic N) is 4. The maximum atomic E-state index is 14.9. The number of ether oxygens (including phenoxy) is 4. The fourth-order valence-electron chi connectivity index (χ4n) is 10.5. The number of hydrogen-bond acceptors (Lipinski definition) is 12. The highest BCUT2D eigenvalue weighted by molar-refractivity contribution is 6.05. The summed E-state index contributed by atoms with van der Waals surface area (Å²) in [6.45, 7) is 25.5. The van der Waals surface area contributed by atoms with Gasteiger partial charge in [0.1, 0.15) is 11.5 Å². The summed E-state index contributed by atoms with van der Waals surface area (Å²) >= 11 is 0. The zero-order chi connectivity index (χ0) is 63.5. The van der Waals surface area contributed by atoms with E-state index in [0.29, 0.717) is 57.8 Å². The standard InChI is InChI=1S/C35H46FN5O4.C35H47N5O4/c1-5-8-18-40-19-9-20-41(22-21-40)28-14-10-25(11-15-28)34(42)37-27-12-16-29(17-13-27)45-33-23-30(36)31(24-32(33)44-4)39-35(43)38-26(6-2)7-3;1-5-9-20-39-21-23-40(24-22-39)30-15-10-26(11-16-30)34(41)36-28-12-17-31(18-13-28)44-32-19-14-29(25-33(32)43-8-4)38-35(42)37-27(6-2)7-3/h10-17,23-24,26H,5-9,18-22H2,1-4H3,(H,37,42)(H2,38,39,43);10-19,25,27H,5-9,20-24H2,1-4H3,(H,36,41)(H2,37,38,42). The molecule has 8 rings (SSSR count). The van der Waals surface area contributed by atoms with Crippen molar-refractivity contribution in [3.63, 3.8) is 0 Å². The summed E-state index contributed by atoms with van der Waals surface area (Å²) in [4.78, 5) is 60.4. The Hall–Kier alpha value is -8.55. The lowest BCUT2D eigenvalue weighted by atomic mass is 10.1. The van der Waals surface area contributed by atoms with Crippen molar-refractivity contribution in [1.29, 1.82) is 0 Å². The van der Waals surface area contributed by atoms with Crippen LogP contribution in [-0.2, 0) is 0 Å². The van der Waals surface area contributed by atoms with Crippen molar-refractivity contribution >= 4 is 58.0 Å². The molecule has 0 atom stereocenters. The molecule has 0 spiro atoms. The summed E-state index contributed by atoms with van der Waals surface area (Å²) in [5.41, 5.74) is 5.32. The molecular formula is C70H93FN10O8. The number of halogens is 1. The minimum absolute atomic E-state index is 0.00194. The molecule has 0 unspecified atom stereocenters. The minimum Gasteiger partial charge on any atom is -0.493 e. The van der Waals surface area contributed by atoms with E-state index in [2.05, 4.69) is 65.3 Å². The number of urea groups is 2. The van der Waals surface area contributed by atoms with Gasteiger partial charge in [0, 0.05) is 116 Å². The number of carbonyl (C=O) groups is 4. The van der Waals surface area contributed by atoms with Crippen molar-refractivity contribution in [3.05, 3.63) is 144 Å². The third-order valence-corrected chi connectivity index (χ3v) is 15.9. The Kier molecular flexibility index (Phi) is 27.1. The van der Waals surface area contributed by atoms with Gasteiger partial charge in [0.2, 0.25) is 0 Å². The Bertz CT molecular complexity index is 3150. The molecule has 0 aliphatic carbocycles. The fourth-order valence-corrected chi connectivity index (χ4v) is 10.5. The molecule has 2 heterocycles. The van der Waals surface area contributed by atoms with Crippen LogP contribution in [0.25, 0.3) is 0 Å². The van der Waals surface area contributed by atoms with Gasteiger partial charge >= 0.3 is 12.1 Å². The van der Waals surface area contributed by atoms with Crippen molar-refractivity contribution in [2.24, 2.45) is 0 Å². The number of unbranched alkanes of at least 4 members (excludes halogenated alkanes) is 2. The van der Waals surface area contributed by atoms with Crippen LogP contribution >= 0.6 is 0 Å². The van der Waals surface area contributed by atoms with E-state index in [1.807, 2.05) is 83.1 Å². The van der Waals surface area contributed by atoms with E-state index in [0.717, 1.165) is 102 Å². The molecule has 2 aliphatic rings. The van der Waals surface area contributed by atoms with E-state index in [1.54, 1.807) is 66.7 Å². The number of anilines is 6. The Balaban J connectivity index is 0.000000254. The molecule has 19 heteroatoms. The molecule has 0 bridgehead atoms. The molecule has 0 saturated carbocycles. The van der Waals surface area contributed by atoms with Crippen LogP contribution in [0, 0.1) is 5.82 Å². The van der Waals surface area contributed by atoms with Crippen molar-refractivity contribution in [1.82, 2.24) is 20.4 Å². The number of rotatable bonds is 27. The number of amides is 6. The predicted molar refractivity (Wildman–Crippen MR) is 357 cm³/mol. The zero-order valence-electron chi connectivity index (χ0n) is 53.4. The summed E-state index contributed by atoms with van der Waals surface area (Å²) < 4.78 is 38.0. The molecule has 89 heavy (non-hydrogen) atoms. The largest absolute Gasteiger partial charge is 0.493 e. The summed E-state index contributed by atoms with van der Waals surface area (Å²) in [6.07, 6.45) is 9.35. The van der Waals surface area contributed by atoms with Crippen molar-refractivity contribution in [2.45, 2.75) is 118 Å². The maximum Gasteiger partial charge on any atom is 0.319 e. The van der Waals surface area contributed by atoms with E-state index in [4.69, 9.17) is 18.9 Å². The molecule has 6 N–H and O–H groups in total. The van der Waals surface area contributed by atoms with Crippen LogP contribution < -0.4 is 60.6 Å². The van der Waals surface area contributed by atoms with E-state index >= 15 is 0 Å². The van der Waals surface area contributed by atoms with Gasteiger partial charge in [-0.05, 0) is 181 Å². The Labute approximate surface area is 526 Å². The molecule has 6 amide bonds. The summed E-state index contributed by atoms with van der Waals surface area (Å²) in [7, 11) is 1.44. The van der Waals surface area contributed by atoms with Crippen LogP contribution in [0.2, 0.25) is 0 Å². The highest BCUT2D eigenvalue weighted by Crippen LogP contribution is 2.37. The molecule has 478 valence electrons. The van der Waals surface area contributed by atoms with Crippen LogP contribution in [0.1, 0.15) is 127 Å². The van der Waals surface area contributed by atoms with Crippen LogP contribution in [0.4, 0.5) is 48.1 Å². The van der Waals surface area contributed by atoms with E-state index < -0.39 is 11.8 Å². The third-order valence-electron chi connectivity index (χ3n) is 15.9. The molecule has 6 aromatic carbocycles. The van der Waals surface area contributed by atoms with Crippen LogP contribution in [0.5, 0.6) is 34.5 Å². The summed E-state index contributed by atoms with van der Waals surface area (Å²) in [5, 5.41) is 17.1. The molecular weight excluding hydrogens is 1130 g/mol. The van der Waals surface area contributed by atoms with Gasteiger partial charge in [-0.2, -0.15) is 0 Å². The van der Waals surface area contributed by atoms with Gasteiger partial charge in [0.15, 0.2) is 28.8 Å². The molecule has 0 radical (unpaired) electrons. The lowest BCUT2D eigenvalue weighted by Gasteiger charge is -2.36. The number of methoxy groups -OCH3 is 1. The smallest absolute Gasteiger partial charge is 0.319 e. The fraction of sp³-hybridized carbons (Fsp3) is 0.429. The molecule has 2 aliphatic heterocycles. The highest BCUT2D eigenvalue weighted by Gasteiger charge is 2.21. The van der Waals surface area contributed by atoms with Gasteiger partial charge in [0.25, 0.3) is 11.8 Å². The highest BCUT2D eigenvalue weighted by atomic mass is 19.1. The van der Waals surface area contributed by atoms with E-state index in [9.17, 15) is 23.6 Å². The molecule has 2 saturated heterocycles. The van der Waals surface area contributed by atoms with E-state index in [-0.39, 0.29) is 47.1 Å². The van der Waals surface area contributed by atoms with Gasteiger partial charge in [-0.25, -0.2) is 14.0 Å². The molecule has 0 aromatic heterocycles. The first-order chi connectivity index (χ1) is 43.2. The number of nitrogens with one attached hydrogen (secondary N) is 6. The number of benzene rings is 6. The number of piperazine rings is 1. The normalized spacial score (nSPS) is 13.6. The lowest BCUT2D eigenvalue weighted by molar-refractivity contribution is 0.101. The second-order valence-electron chi connectivity index (χ2n) is 22.3. The molecule has 18 nitrogen and oxygen atoms in total. The van der Waals surface area contributed by atoms with Crippen molar-refractivity contribution in [3.8, 4) is 34.5 Å². The molecule has 2 fully saturated rings. The quantitative estimate of drug-likeness (QED) is 0.0287. The van der Waals surface area contributed by atoms with Gasteiger partial charge in [-0.1, -0.05) is 54.4 Å². The van der Waals surface area contributed by atoms with E-state index in [1.165, 1.54) is 51.5 Å². The SMILES string of the molecule is CCCCN1CCCN(c2ccc(C(=O)Nc3ccc(Oc4cc(F)c(NC(=O)NC(CC)CC)cc4OC)cc3)cc2)CC1.CCCCN1CCN(c2ccc(C(=O)Nc3ccc(Oc4ccc(NC(=O)NC(CC)CC)cc4OCC)cc3)cc2)CC1. The first-order valence-corrected chi connectivity index (χ1v) is 31.9. The lowest BCUT2D eigenvalue weighted by Crippen LogP contribution is -2.46. The Morgan fingerprint density at radius 2 is 0.933 bits per heavy atom. The summed E-state index contributed by atoms with van der Waals surface area (Å²) in [5.74, 6) is 1.43. The average Bonchev–Trinajstić information content (AvgIpc) is 2.97. The van der Waals surface area contributed by atoms with Gasteiger partial charge in [-0.3, -0.25) is 14.5 Å². The maximum absolute atomic E-state index is 14.9. The first-order valence-electron chi connectivity index (χ1n) is 31.9. The second kappa shape index (κ2) is 35.4. The van der Waals surface area contributed by atoms with Crippen LogP contribution in [0.15, 0.2) is 127 Å². The first kappa shape index (κ1) is 67.9.